The Morgan fingerprint density at radius 1 is 1.29 bits per heavy atom. The molecule has 1 aliphatic rings. The topological polar surface area (TPSA) is 63.6 Å². The molecule has 5 nitrogen and oxygen atoms in total. The van der Waals surface area contributed by atoms with Gasteiger partial charge in [-0.15, -0.1) is 0 Å². The number of aliphatic imine (C=N–C) groups is 1. The SMILES string of the molecule is C=CC(=C\C(=N/C)C1CCOCC1)/C(=C/C(=C)NC(=O)c1ccnc(C(F)(F)F)c1)C(/C)=C\C. The van der Waals surface area contributed by atoms with E-state index in [1.807, 2.05) is 26.0 Å². The van der Waals surface area contributed by atoms with E-state index in [4.69, 9.17) is 4.74 Å². The fraction of sp³-hybridized carbons (Fsp3) is 0.346. The van der Waals surface area contributed by atoms with Crippen molar-refractivity contribution in [2.45, 2.75) is 32.9 Å². The summed E-state index contributed by atoms with van der Waals surface area (Å²) in [6.45, 7) is 13.0. The highest BCUT2D eigenvalue weighted by molar-refractivity contribution is 5.99. The van der Waals surface area contributed by atoms with Crippen LogP contribution in [0.2, 0.25) is 0 Å². The van der Waals surface area contributed by atoms with Crippen LogP contribution < -0.4 is 5.32 Å². The van der Waals surface area contributed by atoms with Crippen LogP contribution in [-0.4, -0.2) is 36.9 Å². The number of aromatic nitrogens is 1. The predicted octanol–water partition coefficient (Wildman–Crippen LogP) is 5.85. The van der Waals surface area contributed by atoms with Gasteiger partial charge in [-0.05, 0) is 67.7 Å². The number of carbonyl (C=O) groups excluding carboxylic acids is 1. The van der Waals surface area contributed by atoms with Gasteiger partial charge in [-0.25, -0.2) is 0 Å². The molecule has 182 valence electrons. The summed E-state index contributed by atoms with van der Waals surface area (Å²) in [7, 11) is 1.75. The van der Waals surface area contributed by atoms with Gasteiger partial charge >= 0.3 is 6.18 Å². The number of nitrogens with one attached hydrogen (secondary N) is 1. The normalized spacial score (nSPS) is 16.9. The fourth-order valence-corrected chi connectivity index (χ4v) is 3.50. The van der Waals surface area contributed by atoms with Gasteiger partial charge < -0.3 is 10.1 Å². The van der Waals surface area contributed by atoms with Gasteiger partial charge in [0.25, 0.3) is 5.91 Å². The van der Waals surface area contributed by atoms with Gasteiger partial charge in [0.1, 0.15) is 5.69 Å². The summed E-state index contributed by atoms with van der Waals surface area (Å²) in [5.74, 6) is -0.438. The molecule has 1 aromatic heterocycles. The molecule has 0 radical (unpaired) electrons. The standard InChI is InChI=1S/C26H30F3N3O2/c1-6-17(3)22(19(7-2)15-23(30-5)20-9-12-34-13-10-20)14-18(4)32-25(33)21-8-11-31-24(16-21)26(27,28)29/h6-8,11,14-16,20H,2,4,9-10,12-13H2,1,3,5H3,(H,32,33)/b17-6-,19-15+,22-14+,30-23+. The molecule has 1 aliphatic heterocycles. The minimum Gasteiger partial charge on any atom is -0.381 e. The van der Waals surface area contributed by atoms with Crippen molar-refractivity contribution in [2.75, 3.05) is 20.3 Å². The van der Waals surface area contributed by atoms with E-state index in [-0.39, 0.29) is 17.2 Å². The van der Waals surface area contributed by atoms with Crippen LogP contribution in [0.3, 0.4) is 0 Å². The summed E-state index contributed by atoms with van der Waals surface area (Å²) in [5, 5.41) is 2.55. The van der Waals surface area contributed by atoms with Crippen molar-refractivity contribution in [2.24, 2.45) is 10.9 Å². The molecule has 1 N–H and O–H groups in total. The number of nitrogens with zero attached hydrogens (tertiary/aromatic N) is 2. The third kappa shape index (κ3) is 7.38. The monoisotopic (exact) mass is 473 g/mol. The summed E-state index contributed by atoms with van der Waals surface area (Å²) in [5.41, 5.74) is 2.32. The molecule has 0 saturated carbocycles. The molecule has 1 amide bonds. The lowest BCUT2D eigenvalue weighted by Gasteiger charge is -2.23. The van der Waals surface area contributed by atoms with E-state index in [2.05, 4.69) is 28.5 Å². The van der Waals surface area contributed by atoms with Crippen LogP contribution in [0, 0.1) is 5.92 Å². The Morgan fingerprint density at radius 2 is 1.97 bits per heavy atom. The van der Waals surface area contributed by atoms with Crippen LogP contribution in [0.4, 0.5) is 13.2 Å². The van der Waals surface area contributed by atoms with Crippen LogP contribution in [0.1, 0.15) is 42.7 Å². The zero-order chi connectivity index (χ0) is 25.3. The van der Waals surface area contributed by atoms with Crippen molar-refractivity contribution >= 4 is 11.6 Å². The molecule has 0 aromatic carbocycles. The number of pyridine rings is 1. The molecule has 1 aromatic rings. The zero-order valence-electron chi connectivity index (χ0n) is 19.7. The fourth-order valence-electron chi connectivity index (χ4n) is 3.50. The van der Waals surface area contributed by atoms with Gasteiger partial charge in [0.15, 0.2) is 0 Å². The Kier molecular flexibility index (Phi) is 9.74. The zero-order valence-corrected chi connectivity index (χ0v) is 19.7. The van der Waals surface area contributed by atoms with E-state index in [9.17, 15) is 18.0 Å². The van der Waals surface area contributed by atoms with Gasteiger partial charge in [0.05, 0.1) is 0 Å². The van der Waals surface area contributed by atoms with Crippen LogP contribution in [0.5, 0.6) is 0 Å². The number of rotatable bonds is 8. The molecule has 0 bridgehead atoms. The maximum atomic E-state index is 12.9. The highest BCUT2D eigenvalue weighted by atomic mass is 19.4. The summed E-state index contributed by atoms with van der Waals surface area (Å²) < 4.78 is 44.2. The number of halogens is 3. The molecular weight excluding hydrogens is 443 g/mol. The van der Waals surface area contributed by atoms with Gasteiger partial charge in [-0.3, -0.25) is 14.8 Å². The Morgan fingerprint density at radius 3 is 2.53 bits per heavy atom. The minimum atomic E-state index is -4.64. The largest absolute Gasteiger partial charge is 0.433 e. The Bertz CT molecular complexity index is 1040. The second-order valence-electron chi connectivity index (χ2n) is 7.78. The predicted molar refractivity (Wildman–Crippen MR) is 129 cm³/mol. The average Bonchev–Trinajstić information content (AvgIpc) is 2.83. The number of carbonyl (C=O) groups is 1. The third-order valence-corrected chi connectivity index (χ3v) is 5.50. The average molecular weight is 474 g/mol. The van der Waals surface area contributed by atoms with Crippen molar-refractivity contribution in [1.82, 2.24) is 10.3 Å². The molecule has 2 rings (SSSR count). The number of allylic oxidation sites excluding steroid dienone is 7. The van der Waals surface area contributed by atoms with E-state index >= 15 is 0 Å². The van der Waals surface area contributed by atoms with Crippen LogP contribution in [0.15, 0.2) is 83.2 Å². The van der Waals surface area contributed by atoms with Crippen LogP contribution in [-0.2, 0) is 10.9 Å². The lowest BCUT2D eigenvalue weighted by molar-refractivity contribution is -0.141. The summed E-state index contributed by atoms with van der Waals surface area (Å²) in [6.07, 6.45) is 5.32. The van der Waals surface area contributed by atoms with E-state index < -0.39 is 17.8 Å². The van der Waals surface area contributed by atoms with Crippen molar-refractivity contribution < 1.29 is 22.7 Å². The van der Waals surface area contributed by atoms with Crippen molar-refractivity contribution in [3.8, 4) is 0 Å². The number of alkyl halides is 3. The van der Waals surface area contributed by atoms with Gasteiger partial charge in [-0.2, -0.15) is 13.2 Å². The Hall–Kier alpha value is -3.26. The first-order valence-corrected chi connectivity index (χ1v) is 10.9. The molecule has 8 heteroatoms. The lowest BCUT2D eigenvalue weighted by atomic mass is 9.90. The summed E-state index contributed by atoms with van der Waals surface area (Å²) in [4.78, 5) is 20.3. The highest BCUT2D eigenvalue weighted by Crippen LogP contribution is 2.28. The number of hydrogen-bond acceptors (Lipinski definition) is 4. The van der Waals surface area contributed by atoms with E-state index in [1.165, 1.54) is 6.07 Å². The van der Waals surface area contributed by atoms with E-state index in [0.717, 1.165) is 41.5 Å². The van der Waals surface area contributed by atoms with E-state index in [1.54, 1.807) is 19.2 Å². The second kappa shape index (κ2) is 12.3. The van der Waals surface area contributed by atoms with Gasteiger partial charge in [0.2, 0.25) is 0 Å². The van der Waals surface area contributed by atoms with Crippen molar-refractivity contribution in [3.05, 3.63) is 89.5 Å². The first-order valence-electron chi connectivity index (χ1n) is 10.9. The molecule has 0 aliphatic carbocycles. The van der Waals surface area contributed by atoms with Crippen molar-refractivity contribution in [3.63, 3.8) is 0 Å². The molecule has 0 spiro atoms. The molecule has 1 fully saturated rings. The first-order chi connectivity index (χ1) is 16.1. The molecule has 2 heterocycles. The highest BCUT2D eigenvalue weighted by Gasteiger charge is 2.33. The number of ether oxygens (including phenoxy) is 1. The van der Waals surface area contributed by atoms with Gasteiger partial charge in [0, 0.05) is 49.3 Å². The van der Waals surface area contributed by atoms with Crippen LogP contribution in [0.25, 0.3) is 0 Å². The molecule has 34 heavy (non-hydrogen) atoms. The summed E-state index contributed by atoms with van der Waals surface area (Å²) in [6, 6.07) is 1.92. The minimum absolute atomic E-state index is 0.166. The summed E-state index contributed by atoms with van der Waals surface area (Å²) >= 11 is 0. The smallest absolute Gasteiger partial charge is 0.381 e. The second-order valence-corrected chi connectivity index (χ2v) is 7.78. The maximum Gasteiger partial charge on any atom is 0.433 e. The number of hydrogen-bond donors (Lipinski definition) is 1. The molecule has 0 atom stereocenters. The van der Waals surface area contributed by atoms with Crippen LogP contribution >= 0.6 is 0 Å². The Balaban J connectivity index is 2.32. The maximum absolute atomic E-state index is 12.9. The quantitative estimate of drug-likeness (QED) is 0.381. The van der Waals surface area contributed by atoms with Gasteiger partial charge in [-0.1, -0.05) is 25.3 Å². The first kappa shape index (κ1) is 27.0. The van der Waals surface area contributed by atoms with E-state index in [0.29, 0.717) is 19.3 Å². The molecule has 0 unspecified atom stereocenters. The lowest BCUT2D eigenvalue weighted by Crippen LogP contribution is -2.23. The molecular formula is C26H30F3N3O2. The van der Waals surface area contributed by atoms with Crippen molar-refractivity contribution in [1.29, 1.82) is 0 Å². The third-order valence-electron chi connectivity index (χ3n) is 5.50. The molecule has 1 saturated heterocycles. The number of amides is 1. The Labute approximate surface area is 198 Å².